The zero-order valence-corrected chi connectivity index (χ0v) is 18.5. The molecular weight excluding hydrogens is 406 g/mol. The standard InChI is InChI=1S/C26H29NO5/c1-3-30-24(28)31-20-10-9-16-15-19-18-11-12-26(29,17-7-5-4-6-8-17)23-25(18,13-14-27(19)2)21(16)22(20)32-23/h4-10,18-19,23,29H,3,11-15H2,1-2H3/t18-,19+,23+,25-,26+/m0/s1. The van der Waals surface area contributed by atoms with Crippen LogP contribution in [0.3, 0.4) is 0 Å². The van der Waals surface area contributed by atoms with Gasteiger partial charge >= 0.3 is 6.16 Å². The number of carbonyl (C=O) groups excluding carboxylic acids is 1. The van der Waals surface area contributed by atoms with Crippen LogP contribution in [-0.2, 0) is 22.2 Å². The molecule has 1 spiro atoms. The molecule has 6 nitrogen and oxygen atoms in total. The fraction of sp³-hybridized carbons (Fsp3) is 0.500. The maximum Gasteiger partial charge on any atom is 0.513 e. The number of ether oxygens (including phenoxy) is 3. The number of likely N-dealkylation sites (N-methyl/N-ethyl adjacent to an activating group) is 1. The van der Waals surface area contributed by atoms with E-state index in [1.165, 1.54) is 5.56 Å². The van der Waals surface area contributed by atoms with Crippen molar-refractivity contribution in [3.05, 3.63) is 59.2 Å². The van der Waals surface area contributed by atoms with Gasteiger partial charge < -0.3 is 24.2 Å². The molecule has 6 heteroatoms. The minimum atomic E-state index is -1.10. The molecule has 2 aliphatic carbocycles. The molecule has 2 aromatic rings. The number of benzene rings is 2. The molecule has 168 valence electrons. The Kier molecular flexibility index (Phi) is 4.37. The van der Waals surface area contributed by atoms with Crippen LogP contribution < -0.4 is 9.47 Å². The summed E-state index contributed by atoms with van der Waals surface area (Å²) in [5.41, 5.74) is 1.88. The van der Waals surface area contributed by atoms with Gasteiger partial charge in [-0.3, -0.25) is 0 Å². The molecule has 1 saturated heterocycles. The third-order valence-corrected chi connectivity index (χ3v) is 8.38. The van der Waals surface area contributed by atoms with Crippen LogP contribution in [0, 0.1) is 5.92 Å². The SMILES string of the molecule is CCOC(=O)Oc1ccc2c3c1O[C@@H]1[C@]34CCN(C)[C@H](C2)[C@@H]4CC[C@@]1(O)c1ccccc1. The maximum atomic E-state index is 12.2. The van der Waals surface area contributed by atoms with Gasteiger partial charge in [-0.15, -0.1) is 0 Å². The Hall–Kier alpha value is -2.57. The van der Waals surface area contributed by atoms with Gasteiger partial charge in [-0.1, -0.05) is 36.4 Å². The van der Waals surface area contributed by atoms with Crippen molar-refractivity contribution in [2.24, 2.45) is 5.92 Å². The summed E-state index contributed by atoms with van der Waals surface area (Å²) >= 11 is 0. The number of hydrogen-bond donors (Lipinski definition) is 1. The van der Waals surface area contributed by atoms with E-state index in [0.717, 1.165) is 36.9 Å². The Morgan fingerprint density at radius 3 is 2.81 bits per heavy atom. The Labute approximate surface area is 188 Å². The highest BCUT2D eigenvalue weighted by Crippen LogP contribution is 2.66. The van der Waals surface area contributed by atoms with Crippen molar-refractivity contribution in [3.8, 4) is 11.5 Å². The van der Waals surface area contributed by atoms with Gasteiger partial charge in [0.1, 0.15) is 11.7 Å². The smallest absolute Gasteiger partial charge is 0.482 e. The lowest BCUT2D eigenvalue weighted by Crippen LogP contribution is -2.68. The summed E-state index contributed by atoms with van der Waals surface area (Å²) in [6.07, 6.45) is 2.29. The van der Waals surface area contributed by atoms with Crippen LogP contribution in [-0.4, -0.2) is 48.5 Å². The van der Waals surface area contributed by atoms with E-state index >= 15 is 0 Å². The zero-order chi connectivity index (χ0) is 22.1. The molecule has 2 bridgehead atoms. The molecule has 1 saturated carbocycles. The fourth-order valence-corrected chi connectivity index (χ4v) is 7.10. The van der Waals surface area contributed by atoms with Crippen molar-refractivity contribution in [1.29, 1.82) is 0 Å². The third-order valence-electron chi connectivity index (χ3n) is 8.38. The van der Waals surface area contributed by atoms with E-state index in [4.69, 9.17) is 14.2 Å². The Morgan fingerprint density at radius 2 is 2.03 bits per heavy atom. The van der Waals surface area contributed by atoms with Gasteiger partial charge in [-0.05, 0) is 69.3 Å². The van der Waals surface area contributed by atoms with Crippen molar-refractivity contribution in [3.63, 3.8) is 0 Å². The molecule has 32 heavy (non-hydrogen) atoms. The Balaban J connectivity index is 1.53. The van der Waals surface area contributed by atoms with Crippen molar-refractivity contribution >= 4 is 6.16 Å². The molecule has 0 amide bonds. The predicted molar refractivity (Wildman–Crippen MR) is 118 cm³/mol. The van der Waals surface area contributed by atoms with Crippen LogP contribution in [0.15, 0.2) is 42.5 Å². The van der Waals surface area contributed by atoms with Gasteiger partial charge in [0.25, 0.3) is 0 Å². The molecule has 0 unspecified atom stereocenters. The zero-order valence-electron chi connectivity index (χ0n) is 18.5. The van der Waals surface area contributed by atoms with Gasteiger partial charge in [0.2, 0.25) is 0 Å². The van der Waals surface area contributed by atoms with Gasteiger partial charge in [0, 0.05) is 17.0 Å². The van der Waals surface area contributed by atoms with Crippen LogP contribution in [0.5, 0.6) is 11.5 Å². The third kappa shape index (κ3) is 2.51. The maximum absolute atomic E-state index is 12.2. The summed E-state index contributed by atoms with van der Waals surface area (Å²) in [6.45, 7) is 2.95. The molecule has 2 fully saturated rings. The molecule has 4 aliphatic rings. The van der Waals surface area contributed by atoms with Gasteiger partial charge in [-0.25, -0.2) is 4.79 Å². The summed E-state index contributed by atoms with van der Waals surface area (Å²) in [7, 11) is 2.21. The van der Waals surface area contributed by atoms with E-state index in [1.807, 2.05) is 36.4 Å². The predicted octanol–water partition coefficient (Wildman–Crippen LogP) is 3.78. The van der Waals surface area contributed by atoms with Crippen LogP contribution in [0.4, 0.5) is 4.79 Å². The molecular formula is C26H29NO5. The summed E-state index contributed by atoms with van der Waals surface area (Å²) in [5, 5.41) is 12.2. The van der Waals surface area contributed by atoms with E-state index in [2.05, 4.69) is 18.0 Å². The number of likely N-dealkylation sites (tertiary alicyclic amines) is 1. The molecule has 0 radical (unpaired) electrons. The lowest BCUT2D eigenvalue weighted by molar-refractivity contribution is -0.162. The quantitative estimate of drug-likeness (QED) is 0.585. The molecule has 0 aromatic heterocycles. The number of nitrogens with zero attached hydrogens (tertiary/aromatic N) is 1. The first-order valence-corrected chi connectivity index (χ1v) is 11.6. The second kappa shape index (κ2) is 6.96. The molecule has 2 aromatic carbocycles. The number of carbonyl (C=O) groups is 1. The first-order valence-electron chi connectivity index (χ1n) is 11.6. The highest BCUT2D eigenvalue weighted by Gasteiger charge is 2.69. The lowest BCUT2D eigenvalue weighted by Gasteiger charge is -2.60. The second-order valence-corrected chi connectivity index (χ2v) is 9.69. The van der Waals surface area contributed by atoms with E-state index in [-0.39, 0.29) is 12.0 Å². The summed E-state index contributed by atoms with van der Waals surface area (Å²) < 4.78 is 17.3. The van der Waals surface area contributed by atoms with Crippen molar-refractivity contribution in [2.75, 3.05) is 20.2 Å². The van der Waals surface area contributed by atoms with Gasteiger partial charge in [-0.2, -0.15) is 0 Å². The number of rotatable bonds is 3. The Bertz CT molecular complexity index is 1070. The largest absolute Gasteiger partial charge is 0.513 e. The van der Waals surface area contributed by atoms with Crippen molar-refractivity contribution in [2.45, 2.75) is 55.8 Å². The summed E-state index contributed by atoms with van der Waals surface area (Å²) in [5.74, 6) is 1.39. The molecule has 2 aliphatic heterocycles. The van der Waals surface area contributed by atoms with Crippen LogP contribution in [0.25, 0.3) is 0 Å². The van der Waals surface area contributed by atoms with Crippen molar-refractivity contribution < 1.29 is 24.1 Å². The topological polar surface area (TPSA) is 68.2 Å². The average molecular weight is 436 g/mol. The van der Waals surface area contributed by atoms with Crippen LogP contribution in [0.2, 0.25) is 0 Å². The number of hydrogen-bond acceptors (Lipinski definition) is 6. The summed E-state index contributed by atoms with van der Waals surface area (Å²) in [6, 6.07) is 14.2. The van der Waals surface area contributed by atoms with E-state index in [9.17, 15) is 9.90 Å². The summed E-state index contributed by atoms with van der Waals surface area (Å²) in [4.78, 5) is 14.6. The molecule has 1 N–H and O–H groups in total. The minimum absolute atomic E-state index is 0.246. The number of aliphatic hydroxyl groups is 1. The average Bonchev–Trinajstić information content (AvgIpc) is 3.16. The molecule has 2 heterocycles. The fourth-order valence-electron chi connectivity index (χ4n) is 7.10. The van der Waals surface area contributed by atoms with Crippen LogP contribution in [0.1, 0.15) is 42.9 Å². The van der Waals surface area contributed by atoms with Crippen molar-refractivity contribution in [1.82, 2.24) is 4.90 Å². The van der Waals surface area contributed by atoms with E-state index in [1.54, 1.807) is 6.92 Å². The lowest BCUT2D eigenvalue weighted by atomic mass is 9.48. The second-order valence-electron chi connectivity index (χ2n) is 9.69. The first kappa shape index (κ1) is 20.1. The number of piperidine rings is 1. The molecule has 5 atom stereocenters. The highest BCUT2D eigenvalue weighted by molar-refractivity contribution is 5.69. The highest BCUT2D eigenvalue weighted by atomic mass is 16.7. The normalized spacial score (nSPS) is 34.4. The van der Waals surface area contributed by atoms with Gasteiger partial charge in [0.15, 0.2) is 11.5 Å². The van der Waals surface area contributed by atoms with Gasteiger partial charge in [0.05, 0.1) is 6.61 Å². The Morgan fingerprint density at radius 1 is 1.22 bits per heavy atom. The monoisotopic (exact) mass is 435 g/mol. The minimum Gasteiger partial charge on any atom is -0.482 e. The van der Waals surface area contributed by atoms with E-state index in [0.29, 0.717) is 29.9 Å². The van der Waals surface area contributed by atoms with E-state index < -0.39 is 17.9 Å². The first-order chi connectivity index (χ1) is 15.5. The molecule has 6 rings (SSSR count). The van der Waals surface area contributed by atoms with Crippen LogP contribution >= 0.6 is 0 Å².